The van der Waals surface area contributed by atoms with E-state index in [9.17, 15) is 13.2 Å². The Morgan fingerprint density at radius 1 is 1.29 bits per heavy atom. The number of hydrogen-bond acceptors (Lipinski definition) is 2. The minimum Gasteiger partial charge on any atom is -0.377 e. The van der Waals surface area contributed by atoms with Gasteiger partial charge in [0.1, 0.15) is 0 Å². The highest BCUT2D eigenvalue weighted by Crippen LogP contribution is 2.26. The monoisotopic (exact) mass is 275 g/mol. The van der Waals surface area contributed by atoms with Gasteiger partial charge >= 0.3 is 6.30 Å². The number of ether oxygens (including phenoxy) is 1. The lowest BCUT2D eigenvalue weighted by Gasteiger charge is -2.32. The van der Waals surface area contributed by atoms with E-state index in [1.165, 1.54) is 0 Å². The molecule has 0 atom stereocenters. The van der Waals surface area contributed by atoms with E-state index >= 15 is 0 Å². The van der Waals surface area contributed by atoms with Gasteiger partial charge in [-0.25, -0.2) is 4.90 Å². The summed E-state index contributed by atoms with van der Waals surface area (Å²) >= 11 is 3.20. The fourth-order valence-corrected chi connectivity index (χ4v) is 1.67. The molecule has 2 nitrogen and oxygen atoms in total. The number of likely N-dealkylation sites (tertiary alicyclic amines) is 1. The molecule has 1 aliphatic rings. The van der Waals surface area contributed by atoms with Crippen LogP contribution in [0.5, 0.6) is 0 Å². The summed E-state index contributed by atoms with van der Waals surface area (Å²) in [6.07, 6.45) is -3.26. The lowest BCUT2D eigenvalue weighted by Crippen LogP contribution is -2.45. The first-order valence-electron chi connectivity index (χ1n) is 4.53. The van der Waals surface area contributed by atoms with Crippen LogP contribution >= 0.6 is 15.9 Å². The van der Waals surface area contributed by atoms with Gasteiger partial charge in [0.05, 0.1) is 12.7 Å². The molecule has 0 spiro atoms. The largest absolute Gasteiger partial charge is 0.459 e. The number of alkyl halides is 4. The fourth-order valence-electron chi connectivity index (χ4n) is 1.49. The summed E-state index contributed by atoms with van der Waals surface area (Å²) in [5.74, 6) is 0. The van der Waals surface area contributed by atoms with Gasteiger partial charge in [-0.15, -0.1) is 0 Å². The lowest BCUT2D eigenvalue weighted by molar-refractivity contribution is -0.254. The molecule has 0 amide bonds. The van der Waals surface area contributed by atoms with E-state index in [1.54, 1.807) is 0 Å². The Balaban J connectivity index is 2.24. The first-order chi connectivity index (χ1) is 6.54. The standard InChI is InChI=1S/C8H13BrF3NO/c9-3-6-14-7-1-4-13(5-2-7)8(10,11)12/h7H,1-6H2. The average Bonchev–Trinajstić information content (AvgIpc) is 2.14. The summed E-state index contributed by atoms with van der Waals surface area (Å²) in [6.45, 7) is 0.670. The molecule has 1 rings (SSSR count). The zero-order chi connectivity index (χ0) is 10.6. The fraction of sp³-hybridized carbons (Fsp3) is 1.00. The molecule has 84 valence electrons. The molecular weight excluding hydrogens is 263 g/mol. The maximum Gasteiger partial charge on any atom is 0.459 e. The molecular formula is C8H13BrF3NO. The Bertz CT molecular complexity index is 168. The van der Waals surface area contributed by atoms with Gasteiger partial charge in [0.15, 0.2) is 0 Å². The maximum atomic E-state index is 12.2. The number of rotatable bonds is 3. The summed E-state index contributed by atoms with van der Waals surface area (Å²) in [7, 11) is 0. The van der Waals surface area contributed by atoms with Crippen LogP contribution in [0.3, 0.4) is 0 Å². The van der Waals surface area contributed by atoms with Crippen LogP contribution in [0.2, 0.25) is 0 Å². The van der Waals surface area contributed by atoms with Crippen molar-refractivity contribution in [1.82, 2.24) is 4.90 Å². The summed E-state index contributed by atoms with van der Waals surface area (Å²) < 4.78 is 41.9. The second-order valence-corrected chi connectivity index (χ2v) is 4.01. The van der Waals surface area contributed by atoms with Crippen molar-refractivity contribution in [1.29, 1.82) is 0 Å². The average molecular weight is 276 g/mol. The van der Waals surface area contributed by atoms with Crippen molar-refractivity contribution in [3.05, 3.63) is 0 Å². The van der Waals surface area contributed by atoms with Crippen molar-refractivity contribution >= 4 is 15.9 Å². The van der Waals surface area contributed by atoms with Gasteiger partial charge < -0.3 is 4.74 Å². The Morgan fingerprint density at radius 3 is 2.29 bits per heavy atom. The van der Waals surface area contributed by atoms with E-state index in [1.807, 2.05) is 0 Å². The predicted molar refractivity (Wildman–Crippen MR) is 50.4 cm³/mol. The molecule has 0 bridgehead atoms. The van der Waals surface area contributed by atoms with Crippen LogP contribution in [-0.4, -0.2) is 42.3 Å². The third-order valence-electron chi connectivity index (χ3n) is 2.23. The SMILES string of the molecule is FC(F)(F)N1CCC(OCCBr)CC1. The Hall–Kier alpha value is 0.190. The second kappa shape index (κ2) is 5.32. The van der Waals surface area contributed by atoms with Gasteiger partial charge in [-0.3, -0.25) is 0 Å². The molecule has 0 radical (unpaired) electrons. The Morgan fingerprint density at radius 2 is 1.86 bits per heavy atom. The quantitative estimate of drug-likeness (QED) is 0.579. The second-order valence-electron chi connectivity index (χ2n) is 3.21. The van der Waals surface area contributed by atoms with Crippen LogP contribution < -0.4 is 0 Å². The third kappa shape index (κ3) is 3.74. The van der Waals surface area contributed by atoms with Crippen LogP contribution in [0.25, 0.3) is 0 Å². The summed E-state index contributed by atoms with van der Waals surface area (Å²) in [4.78, 5) is 0.543. The first-order valence-corrected chi connectivity index (χ1v) is 5.65. The van der Waals surface area contributed by atoms with Crippen molar-refractivity contribution in [2.24, 2.45) is 0 Å². The zero-order valence-electron chi connectivity index (χ0n) is 7.69. The van der Waals surface area contributed by atoms with Crippen LogP contribution in [-0.2, 0) is 4.74 Å². The van der Waals surface area contributed by atoms with E-state index in [4.69, 9.17) is 4.74 Å². The lowest BCUT2D eigenvalue weighted by atomic mass is 10.1. The molecule has 0 aromatic rings. The highest BCUT2D eigenvalue weighted by atomic mass is 79.9. The van der Waals surface area contributed by atoms with Gasteiger partial charge in [0.25, 0.3) is 0 Å². The van der Waals surface area contributed by atoms with E-state index in [0.29, 0.717) is 24.3 Å². The molecule has 0 aliphatic carbocycles. The van der Waals surface area contributed by atoms with Crippen molar-refractivity contribution in [2.45, 2.75) is 25.2 Å². The number of halogens is 4. The van der Waals surface area contributed by atoms with Gasteiger partial charge in [-0.05, 0) is 12.8 Å². The molecule has 14 heavy (non-hydrogen) atoms. The minimum absolute atomic E-state index is 0.00819. The smallest absolute Gasteiger partial charge is 0.377 e. The number of nitrogens with zero attached hydrogens (tertiary/aromatic N) is 1. The molecule has 0 saturated carbocycles. The van der Waals surface area contributed by atoms with Crippen LogP contribution in [0.4, 0.5) is 13.2 Å². The summed E-state index contributed by atoms with van der Waals surface area (Å²) in [6, 6.07) is 0. The van der Waals surface area contributed by atoms with E-state index in [0.717, 1.165) is 5.33 Å². The maximum absolute atomic E-state index is 12.2. The molecule has 1 fully saturated rings. The third-order valence-corrected chi connectivity index (χ3v) is 2.55. The molecule has 1 heterocycles. The zero-order valence-corrected chi connectivity index (χ0v) is 9.27. The summed E-state index contributed by atoms with van der Waals surface area (Å²) in [5.41, 5.74) is 0. The van der Waals surface area contributed by atoms with Crippen molar-refractivity contribution in [2.75, 3.05) is 25.0 Å². The highest BCUT2D eigenvalue weighted by Gasteiger charge is 2.39. The van der Waals surface area contributed by atoms with Gasteiger partial charge in [-0.2, -0.15) is 13.2 Å². The Kier molecular flexibility index (Phi) is 4.66. The van der Waals surface area contributed by atoms with Crippen molar-refractivity contribution in [3.8, 4) is 0 Å². The topological polar surface area (TPSA) is 12.5 Å². The normalized spacial score (nSPS) is 21.4. The molecule has 0 unspecified atom stereocenters. The van der Waals surface area contributed by atoms with Crippen molar-refractivity contribution < 1.29 is 17.9 Å². The van der Waals surface area contributed by atoms with Crippen LogP contribution in [0.1, 0.15) is 12.8 Å². The summed E-state index contributed by atoms with van der Waals surface area (Å²) in [5, 5.41) is 0.729. The first kappa shape index (κ1) is 12.3. The minimum atomic E-state index is -4.18. The molecule has 0 N–H and O–H groups in total. The van der Waals surface area contributed by atoms with Crippen LogP contribution in [0, 0.1) is 0 Å². The van der Waals surface area contributed by atoms with E-state index in [-0.39, 0.29) is 19.2 Å². The molecule has 0 aromatic heterocycles. The van der Waals surface area contributed by atoms with Crippen molar-refractivity contribution in [3.63, 3.8) is 0 Å². The Labute approximate surface area is 89.5 Å². The van der Waals surface area contributed by atoms with Gasteiger partial charge in [0.2, 0.25) is 0 Å². The van der Waals surface area contributed by atoms with Gasteiger partial charge in [-0.1, -0.05) is 15.9 Å². The number of hydrogen-bond donors (Lipinski definition) is 0. The van der Waals surface area contributed by atoms with Crippen LogP contribution in [0.15, 0.2) is 0 Å². The number of piperidine rings is 1. The van der Waals surface area contributed by atoms with E-state index in [2.05, 4.69) is 15.9 Å². The highest BCUT2D eigenvalue weighted by molar-refractivity contribution is 9.09. The molecule has 1 aliphatic heterocycles. The molecule has 6 heteroatoms. The van der Waals surface area contributed by atoms with E-state index < -0.39 is 6.30 Å². The predicted octanol–water partition coefficient (Wildman–Crippen LogP) is 2.38. The molecule has 0 aromatic carbocycles. The molecule has 1 saturated heterocycles. The van der Waals surface area contributed by atoms with Gasteiger partial charge in [0, 0.05) is 18.4 Å².